The van der Waals surface area contributed by atoms with Crippen molar-refractivity contribution in [2.24, 2.45) is 0 Å². The van der Waals surface area contributed by atoms with E-state index in [4.69, 9.17) is 0 Å². The van der Waals surface area contributed by atoms with Crippen LogP contribution in [0.15, 0.2) is 48.7 Å². The van der Waals surface area contributed by atoms with Crippen LogP contribution in [0.4, 0.5) is 35.0 Å². The summed E-state index contributed by atoms with van der Waals surface area (Å²) in [6.07, 6.45) is -2.37. The zero-order valence-corrected chi connectivity index (χ0v) is 15.8. The zero-order chi connectivity index (χ0) is 21.0. The van der Waals surface area contributed by atoms with E-state index in [9.17, 15) is 17.6 Å². The van der Waals surface area contributed by atoms with Crippen molar-refractivity contribution in [1.29, 1.82) is 0 Å². The summed E-state index contributed by atoms with van der Waals surface area (Å²) in [4.78, 5) is 12.8. The third-order valence-electron chi connectivity index (χ3n) is 4.21. The van der Waals surface area contributed by atoms with Gasteiger partial charge in [0.25, 0.3) is 0 Å². The van der Waals surface area contributed by atoms with E-state index in [1.54, 1.807) is 24.4 Å². The summed E-state index contributed by atoms with van der Waals surface area (Å²) in [5.74, 6) is -0.814. The maximum absolute atomic E-state index is 14.2. The molecule has 2 N–H and O–H groups in total. The van der Waals surface area contributed by atoms with Crippen LogP contribution in [0.1, 0.15) is 25.8 Å². The van der Waals surface area contributed by atoms with Gasteiger partial charge < -0.3 is 10.6 Å². The highest BCUT2D eigenvalue weighted by molar-refractivity contribution is 5.67. The van der Waals surface area contributed by atoms with E-state index in [2.05, 4.69) is 25.6 Å². The van der Waals surface area contributed by atoms with Gasteiger partial charge in [0.1, 0.15) is 11.6 Å². The molecule has 0 aliphatic carbocycles. The molecule has 1 aromatic carbocycles. The molecule has 5 nitrogen and oxygen atoms in total. The Morgan fingerprint density at radius 1 is 1.03 bits per heavy atom. The summed E-state index contributed by atoms with van der Waals surface area (Å²) in [6.45, 7) is 3.89. The molecule has 0 fully saturated rings. The van der Waals surface area contributed by atoms with Gasteiger partial charge in [-0.2, -0.15) is 18.2 Å². The van der Waals surface area contributed by atoms with Gasteiger partial charge in [0.2, 0.25) is 5.95 Å². The molecular formula is C20H19F4N5. The molecule has 29 heavy (non-hydrogen) atoms. The third-order valence-corrected chi connectivity index (χ3v) is 4.21. The van der Waals surface area contributed by atoms with E-state index in [1.165, 1.54) is 6.07 Å². The molecule has 0 bridgehead atoms. The topological polar surface area (TPSA) is 62.7 Å². The second-order valence-electron chi connectivity index (χ2n) is 6.42. The lowest BCUT2D eigenvalue weighted by Crippen LogP contribution is -2.17. The molecule has 0 saturated heterocycles. The Labute approximate surface area is 165 Å². The number of halogens is 4. The van der Waals surface area contributed by atoms with Gasteiger partial charge in [-0.15, -0.1) is 0 Å². The first-order valence-corrected chi connectivity index (χ1v) is 8.97. The van der Waals surface area contributed by atoms with Crippen LogP contribution in [-0.2, 0) is 6.18 Å². The van der Waals surface area contributed by atoms with Gasteiger partial charge in [0.15, 0.2) is 0 Å². The van der Waals surface area contributed by atoms with Crippen molar-refractivity contribution in [2.75, 3.05) is 10.6 Å². The highest BCUT2D eigenvalue weighted by Crippen LogP contribution is 2.37. The van der Waals surface area contributed by atoms with Gasteiger partial charge in [-0.25, -0.2) is 9.37 Å². The maximum atomic E-state index is 14.2. The van der Waals surface area contributed by atoms with Gasteiger partial charge in [-0.3, -0.25) is 4.98 Å². The van der Waals surface area contributed by atoms with E-state index < -0.39 is 23.2 Å². The minimum absolute atomic E-state index is 0.0158. The van der Waals surface area contributed by atoms with Crippen molar-refractivity contribution < 1.29 is 17.6 Å². The molecule has 2 aromatic heterocycles. The number of benzene rings is 1. The molecule has 1 atom stereocenters. The van der Waals surface area contributed by atoms with Crippen molar-refractivity contribution >= 4 is 17.5 Å². The summed E-state index contributed by atoms with van der Waals surface area (Å²) >= 11 is 0. The van der Waals surface area contributed by atoms with Crippen molar-refractivity contribution in [3.8, 4) is 11.4 Å². The number of nitrogens with one attached hydrogen (secondary N) is 2. The Kier molecular flexibility index (Phi) is 5.95. The Morgan fingerprint density at radius 3 is 2.48 bits per heavy atom. The highest BCUT2D eigenvalue weighted by Gasteiger charge is 2.35. The predicted molar refractivity (Wildman–Crippen MR) is 103 cm³/mol. The second kappa shape index (κ2) is 8.42. The van der Waals surface area contributed by atoms with Gasteiger partial charge in [-0.05, 0) is 37.6 Å². The summed E-state index contributed by atoms with van der Waals surface area (Å²) in [5, 5.41) is 5.56. The Morgan fingerprint density at radius 2 is 1.83 bits per heavy atom. The number of alkyl halides is 3. The molecule has 3 rings (SSSR count). The van der Waals surface area contributed by atoms with Crippen LogP contribution < -0.4 is 10.6 Å². The van der Waals surface area contributed by atoms with Gasteiger partial charge in [0, 0.05) is 18.3 Å². The van der Waals surface area contributed by atoms with Crippen LogP contribution in [-0.4, -0.2) is 21.0 Å². The van der Waals surface area contributed by atoms with Crippen molar-refractivity contribution in [2.45, 2.75) is 32.5 Å². The third kappa shape index (κ3) is 4.98. The SMILES string of the molecule is CC[C@H](C)Nc1nc(Nc2c(F)cccc2C(F)(F)F)cc(-c2ccccn2)n1. The standard InChI is InChI=1S/C20H19F4N5/c1-3-12(2)26-19-27-16(15-9-4-5-10-25-15)11-17(29-19)28-18-13(20(22,23)24)7-6-8-14(18)21/h4-12H,3H2,1-2H3,(H2,26,27,28,29)/t12-/m0/s1. The van der Waals surface area contributed by atoms with Crippen LogP contribution in [0, 0.1) is 5.82 Å². The van der Waals surface area contributed by atoms with Crippen molar-refractivity contribution in [3.63, 3.8) is 0 Å². The molecule has 0 aliphatic heterocycles. The van der Waals surface area contributed by atoms with E-state index in [0.717, 1.165) is 24.6 Å². The summed E-state index contributed by atoms with van der Waals surface area (Å²) in [6, 6.07) is 9.44. The Bertz CT molecular complexity index is 976. The molecule has 9 heteroatoms. The van der Waals surface area contributed by atoms with Crippen molar-refractivity contribution in [3.05, 3.63) is 60.0 Å². The lowest BCUT2D eigenvalue weighted by Gasteiger charge is -2.17. The van der Waals surface area contributed by atoms with E-state index >= 15 is 0 Å². The molecule has 0 aliphatic rings. The molecule has 0 unspecified atom stereocenters. The minimum Gasteiger partial charge on any atom is -0.352 e. The van der Waals surface area contributed by atoms with Crippen LogP contribution in [0.25, 0.3) is 11.4 Å². The number of nitrogens with zero attached hydrogens (tertiary/aromatic N) is 3. The van der Waals surface area contributed by atoms with E-state index in [1.807, 2.05) is 13.8 Å². The number of para-hydroxylation sites is 1. The molecule has 0 radical (unpaired) electrons. The molecule has 3 aromatic rings. The smallest absolute Gasteiger partial charge is 0.352 e. The fourth-order valence-electron chi connectivity index (χ4n) is 2.56. The van der Waals surface area contributed by atoms with Crippen molar-refractivity contribution in [1.82, 2.24) is 15.0 Å². The van der Waals surface area contributed by atoms with Crippen LogP contribution in [0.2, 0.25) is 0 Å². The van der Waals surface area contributed by atoms with Gasteiger partial charge in [-0.1, -0.05) is 19.1 Å². The van der Waals surface area contributed by atoms with Crippen LogP contribution in [0.5, 0.6) is 0 Å². The second-order valence-corrected chi connectivity index (χ2v) is 6.42. The molecular weight excluding hydrogens is 386 g/mol. The van der Waals surface area contributed by atoms with Crippen LogP contribution >= 0.6 is 0 Å². The monoisotopic (exact) mass is 405 g/mol. The Balaban J connectivity index is 2.07. The molecule has 0 spiro atoms. The number of anilines is 3. The average Bonchev–Trinajstić information content (AvgIpc) is 2.69. The number of pyridine rings is 1. The largest absolute Gasteiger partial charge is 0.418 e. The molecule has 0 saturated carbocycles. The number of hydrogen-bond donors (Lipinski definition) is 2. The fraction of sp³-hybridized carbons (Fsp3) is 0.250. The predicted octanol–water partition coefficient (Wildman–Crippen LogP) is 5.65. The normalized spacial score (nSPS) is 12.5. The first kappa shape index (κ1) is 20.5. The zero-order valence-electron chi connectivity index (χ0n) is 15.8. The van der Waals surface area contributed by atoms with E-state index in [-0.39, 0.29) is 17.8 Å². The first-order chi connectivity index (χ1) is 13.8. The number of aromatic nitrogens is 3. The van der Waals surface area contributed by atoms with E-state index in [0.29, 0.717) is 11.4 Å². The van der Waals surface area contributed by atoms with Gasteiger partial charge in [0.05, 0.1) is 22.6 Å². The number of hydrogen-bond acceptors (Lipinski definition) is 5. The first-order valence-electron chi connectivity index (χ1n) is 8.97. The highest BCUT2D eigenvalue weighted by atomic mass is 19.4. The number of rotatable bonds is 6. The summed E-state index contributed by atoms with van der Waals surface area (Å²) in [7, 11) is 0. The molecule has 2 heterocycles. The average molecular weight is 405 g/mol. The molecule has 152 valence electrons. The lowest BCUT2D eigenvalue weighted by molar-refractivity contribution is -0.137. The summed E-state index contributed by atoms with van der Waals surface area (Å²) < 4.78 is 54.2. The lowest BCUT2D eigenvalue weighted by atomic mass is 10.1. The summed E-state index contributed by atoms with van der Waals surface area (Å²) in [5.41, 5.74) is -0.916. The quantitative estimate of drug-likeness (QED) is 0.519. The molecule has 0 amide bonds. The maximum Gasteiger partial charge on any atom is 0.418 e. The van der Waals surface area contributed by atoms with Gasteiger partial charge >= 0.3 is 6.18 Å². The fourth-order valence-corrected chi connectivity index (χ4v) is 2.56. The Hall–Kier alpha value is -3.23. The minimum atomic E-state index is -4.72. The van der Waals surface area contributed by atoms with Crippen LogP contribution in [0.3, 0.4) is 0 Å².